The number of benzene rings is 1. The molecule has 0 bridgehead atoms. The van der Waals surface area contributed by atoms with Gasteiger partial charge in [0.2, 0.25) is 0 Å². The maximum Gasteiger partial charge on any atom is 0.137 e. The second kappa shape index (κ2) is 5.28. The largest absolute Gasteiger partial charge is 0.317 e. The lowest BCUT2D eigenvalue weighted by Gasteiger charge is -2.19. The van der Waals surface area contributed by atoms with E-state index in [0.717, 1.165) is 12.0 Å². The predicted molar refractivity (Wildman–Crippen MR) is 68.0 cm³/mol. The summed E-state index contributed by atoms with van der Waals surface area (Å²) in [5.41, 5.74) is 1.09. The molecule has 0 amide bonds. The number of hydrogen-bond acceptors (Lipinski definition) is 1. The van der Waals surface area contributed by atoms with Gasteiger partial charge < -0.3 is 5.32 Å². The normalized spacial score (nSPS) is 24.9. The van der Waals surface area contributed by atoms with Crippen molar-refractivity contribution in [1.29, 1.82) is 0 Å². The summed E-state index contributed by atoms with van der Waals surface area (Å²) in [6.07, 6.45) is 4.73. The molecule has 2 rings (SSSR count). The van der Waals surface area contributed by atoms with Crippen LogP contribution in [-0.2, 0) is 6.42 Å². The van der Waals surface area contributed by atoms with Gasteiger partial charge in [-0.05, 0) is 59.8 Å². The van der Waals surface area contributed by atoms with E-state index in [0.29, 0.717) is 16.4 Å². The average molecular weight is 286 g/mol. The number of rotatable bonds is 3. The lowest BCUT2D eigenvalue weighted by atomic mass is 9.95. The van der Waals surface area contributed by atoms with Crippen molar-refractivity contribution in [2.24, 2.45) is 5.92 Å². The van der Waals surface area contributed by atoms with Gasteiger partial charge in [-0.25, -0.2) is 4.39 Å². The monoisotopic (exact) mass is 285 g/mol. The van der Waals surface area contributed by atoms with E-state index in [2.05, 4.69) is 21.2 Å². The second-order valence-corrected chi connectivity index (χ2v) is 5.30. The highest BCUT2D eigenvalue weighted by atomic mass is 79.9. The van der Waals surface area contributed by atoms with Gasteiger partial charge in [0.1, 0.15) is 5.82 Å². The topological polar surface area (TPSA) is 12.0 Å². The molecule has 0 spiro atoms. The van der Waals surface area contributed by atoms with Gasteiger partial charge in [-0.15, -0.1) is 0 Å². The zero-order valence-corrected chi connectivity index (χ0v) is 11.1. The SMILES string of the molecule is CNC1CCCC1Cc1cccc(F)c1Br. The third-order valence-corrected chi connectivity index (χ3v) is 4.43. The zero-order chi connectivity index (χ0) is 11.5. The standard InChI is InChI=1S/C13H17BrFN/c1-16-12-7-3-4-9(12)8-10-5-2-6-11(15)13(10)14/h2,5-6,9,12,16H,3-4,7-8H2,1H3. The van der Waals surface area contributed by atoms with Gasteiger partial charge >= 0.3 is 0 Å². The second-order valence-electron chi connectivity index (χ2n) is 4.50. The molecule has 0 aromatic heterocycles. The van der Waals surface area contributed by atoms with Crippen LogP contribution in [0, 0.1) is 11.7 Å². The zero-order valence-electron chi connectivity index (χ0n) is 9.47. The molecule has 16 heavy (non-hydrogen) atoms. The smallest absolute Gasteiger partial charge is 0.137 e. The van der Waals surface area contributed by atoms with Crippen LogP contribution in [-0.4, -0.2) is 13.1 Å². The first kappa shape index (κ1) is 12.1. The molecule has 1 saturated carbocycles. The highest BCUT2D eigenvalue weighted by Crippen LogP contribution is 2.31. The fraction of sp³-hybridized carbons (Fsp3) is 0.538. The maximum atomic E-state index is 13.4. The Morgan fingerprint density at radius 1 is 1.44 bits per heavy atom. The van der Waals surface area contributed by atoms with Crippen LogP contribution >= 0.6 is 15.9 Å². The molecule has 88 valence electrons. The molecular formula is C13H17BrFN. The van der Waals surface area contributed by atoms with Gasteiger partial charge in [0.15, 0.2) is 0 Å². The molecule has 0 aliphatic heterocycles. The summed E-state index contributed by atoms with van der Waals surface area (Å²) in [5.74, 6) is 0.486. The third-order valence-electron chi connectivity index (χ3n) is 3.54. The lowest BCUT2D eigenvalue weighted by molar-refractivity contribution is 0.422. The van der Waals surface area contributed by atoms with Crippen molar-refractivity contribution in [2.45, 2.75) is 31.7 Å². The van der Waals surface area contributed by atoms with E-state index in [4.69, 9.17) is 0 Å². The molecule has 0 heterocycles. The van der Waals surface area contributed by atoms with Gasteiger partial charge in [0, 0.05) is 6.04 Å². The first-order valence-electron chi connectivity index (χ1n) is 5.82. The fourth-order valence-corrected chi connectivity index (χ4v) is 3.08. The van der Waals surface area contributed by atoms with Crippen molar-refractivity contribution in [3.63, 3.8) is 0 Å². The van der Waals surface area contributed by atoms with Crippen LogP contribution in [0.15, 0.2) is 22.7 Å². The molecule has 1 fully saturated rings. The molecule has 1 aliphatic carbocycles. The summed E-state index contributed by atoms with van der Waals surface area (Å²) >= 11 is 3.33. The average Bonchev–Trinajstić information content (AvgIpc) is 2.72. The predicted octanol–water partition coefficient (Wildman–Crippen LogP) is 3.52. The van der Waals surface area contributed by atoms with Crippen molar-refractivity contribution in [1.82, 2.24) is 5.32 Å². The Hall–Kier alpha value is -0.410. The summed E-state index contributed by atoms with van der Waals surface area (Å²) in [6, 6.07) is 5.89. The van der Waals surface area contributed by atoms with Crippen molar-refractivity contribution in [2.75, 3.05) is 7.05 Å². The van der Waals surface area contributed by atoms with Crippen LogP contribution < -0.4 is 5.32 Å². The first-order valence-corrected chi connectivity index (χ1v) is 6.62. The molecule has 1 aliphatic rings. The van der Waals surface area contributed by atoms with Crippen LogP contribution in [0.4, 0.5) is 4.39 Å². The summed E-state index contributed by atoms with van der Waals surface area (Å²) in [5, 5.41) is 3.36. The van der Waals surface area contributed by atoms with Crippen molar-refractivity contribution in [3.05, 3.63) is 34.1 Å². The van der Waals surface area contributed by atoms with E-state index in [1.54, 1.807) is 6.07 Å². The fourth-order valence-electron chi connectivity index (χ4n) is 2.65. The Morgan fingerprint density at radius 3 is 3.00 bits per heavy atom. The molecule has 3 heteroatoms. The Bertz CT molecular complexity index is 367. The minimum absolute atomic E-state index is 0.156. The molecule has 1 aromatic rings. The number of nitrogens with one attached hydrogen (secondary N) is 1. The highest BCUT2D eigenvalue weighted by Gasteiger charge is 2.26. The van der Waals surface area contributed by atoms with E-state index in [1.807, 2.05) is 13.1 Å². The van der Waals surface area contributed by atoms with E-state index in [-0.39, 0.29) is 5.82 Å². The maximum absolute atomic E-state index is 13.4. The quantitative estimate of drug-likeness (QED) is 0.896. The van der Waals surface area contributed by atoms with Gasteiger partial charge in [0.25, 0.3) is 0 Å². The summed E-state index contributed by atoms with van der Waals surface area (Å²) in [6.45, 7) is 0. The third kappa shape index (κ3) is 2.46. The minimum Gasteiger partial charge on any atom is -0.317 e. The Labute approximate surface area is 105 Å². The molecule has 2 unspecified atom stereocenters. The molecular weight excluding hydrogens is 269 g/mol. The van der Waals surface area contributed by atoms with Crippen LogP contribution in [0.5, 0.6) is 0 Å². The molecule has 0 saturated heterocycles. The van der Waals surface area contributed by atoms with E-state index < -0.39 is 0 Å². The summed E-state index contributed by atoms with van der Waals surface area (Å²) < 4.78 is 14.0. The molecule has 1 nitrogen and oxygen atoms in total. The van der Waals surface area contributed by atoms with Gasteiger partial charge in [-0.3, -0.25) is 0 Å². The van der Waals surface area contributed by atoms with Gasteiger partial charge in [-0.1, -0.05) is 18.6 Å². The van der Waals surface area contributed by atoms with Crippen LogP contribution in [0.3, 0.4) is 0 Å². The summed E-state index contributed by atoms with van der Waals surface area (Å²) in [7, 11) is 2.02. The van der Waals surface area contributed by atoms with Crippen molar-refractivity contribution in [3.8, 4) is 0 Å². The Kier molecular flexibility index (Phi) is 3.98. The summed E-state index contributed by atoms with van der Waals surface area (Å²) in [4.78, 5) is 0. The lowest BCUT2D eigenvalue weighted by Crippen LogP contribution is -2.30. The van der Waals surface area contributed by atoms with Crippen molar-refractivity contribution < 1.29 is 4.39 Å². The molecule has 1 N–H and O–H groups in total. The first-order chi connectivity index (χ1) is 7.72. The van der Waals surface area contributed by atoms with Gasteiger partial charge in [-0.2, -0.15) is 0 Å². The van der Waals surface area contributed by atoms with Gasteiger partial charge in [0.05, 0.1) is 4.47 Å². The van der Waals surface area contributed by atoms with E-state index >= 15 is 0 Å². The molecule has 2 atom stereocenters. The highest BCUT2D eigenvalue weighted by molar-refractivity contribution is 9.10. The van der Waals surface area contributed by atoms with Crippen molar-refractivity contribution >= 4 is 15.9 Å². The molecule has 1 aromatic carbocycles. The molecule has 0 radical (unpaired) electrons. The Balaban J connectivity index is 2.11. The van der Waals surface area contributed by atoms with E-state index in [1.165, 1.54) is 25.3 Å². The Morgan fingerprint density at radius 2 is 2.25 bits per heavy atom. The number of halogens is 2. The van der Waals surface area contributed by atoms with E-state index in [9.17, 15) is 4.39 Å². The van der Waals surface area contributed by atoms with Crippen LogP contribution in [0.1, 0.15) is 24.8 Å². The number of hydrogen-bond donors (Lipinski definition) is 1. The van der Waals surface area contributed by atoms with Crippen LogP contribution in [0.2, 0.25) is 0 Å². The van der Waals surface area contributed by atoms with Crippen LogP contribution in [0.25, 0.3) is 0 Å². The minimum atomic E-state index is -0.156.